The number of rotatable bonds is 2. The van der Waals surface area contributed by atoms with E-state index in [4.69, 9.17) is 5.73 Å². The first kappa shape index (κ1) is 12.8. The van der Waals surface area contributed by atoms with E-state index >= 15 is 0 Å². The van der Waals surface area contributed by atoms with Crippen molar-refractivity contribution < 1.29 is 0 Å². The fourth-order valence-electron chi connectivity index (χ4n) is 2.84. The summed E-state index contributed by atoms with van der Waals surface area (Å²) in [7, 11) is 1.96. The van der Waals surface area contributed by atoms with Crippen molar-refractivity contribution in [3.8, 4) is 11.1 Å². The molecule has 2 aromatic rings. The Balaban J connectivity index is 2.77. The van der Waals surface area contributed by atoms with Crippen LogP contribution in [0.2, 0.25) is 0 Å². The van der Waals surface area contributed by atoms with Crippen molar-refractivity contribution in [3.05, 3.63) is 40.2 Å². The molecule has 0 aliphatic rings. The molecule has 0 unspecified atom stereocenters. The summed E-state index contributed by atoms with van der Waals surface area (Å²) in [5.74, 6) is 0. The third-order valence-corrected chi connectivity index (χ3v) is 3.46. The highest BCUT2D eigenvalue weighted by molar-refractivity contribution is 5.75. The molecule has 0 fully saturated rings. The van der Waals surface area contributed by atoms with Crippen LogP contribution in [0.3, 0.4) is 0 Å². The number of nitrogens with two attached hydrogens (primary N) is 1. The molecule has 18 heavy (non-hydrogen) atoms. The van der Waals surface area contributed by atoms with Crippen LogP contribution >= 0.6 is 0 Å². The molecule has 0 aliphatic carbocycles. The molecular formula is C15H21N3. The third kappa shape index (κ3) is 1.95. The summed E-state index contributed by atoms with van der Waals surface area (Å²) in [5.41, 5.74) is 14.4. The summed E-state index contributed by atoms with van der Waals surface area (Å²) < 4.78 is 1.89. The van der Waals surface area contributed by atoms with Crippen molar-refractivity contribution >= 4 is 0 Å². The predicted molar refractivity (Wildman–Crippen MR) is 75.5 cm³/mol. The highest BCUT2D eigenvalue weighted by Gasteiger charge is 2.17. The molecule has 1 aromatic carbocycles. The zero-order valence-electron chi connectivity index (χ0n) is 11.8. The van der Waals surface area contributed by atoms with Gasteiger partial charge in [0.1, 0.15) is 0 Å². The predicted octanol–water partition coefficient (Wildman–Crippen LogP) is 2.78. The summed E-state index contributed by atoms with van der Waals surface area (Å²) in [5, 5.41) is 4.50. The Hall–Kier alpha value is -1.61. The molecule has 0 saturated heterocycles. The van der Waals surface area contributed by atoms with Crippen molar-refractivity contribution in [2.75, 3.05) is 0 Å². The Labute approximate surface area is 109 Å². The third-order valence-electron chi connectivity index (χ3n) is 3.46. The largest absolute Gasteiger partial charge is 0.325 e. The van der Waals surface area contributed by atoms with Gasteiger partial charge in [-0.2, -0.15) is 5.10 Å². The van der Waals surface area contributed by atoms with Gasteiger partial charge in [-0.25, -0.2) is 0 Å². The molecule has 0 radical (unpaired) electrons. The van der Waals surface area contributed by atoms with Gasteiger partial charge in [0.2, 0.25) is 0 Å². The van der Waals surface area contributed by atoms with Crippen LogP contribution in [0.25, 0.3) is 11.1 Å². The van der Waals surface area contributed by atoms with E-state index in [2.05, 4.69) is 38.0 Å². The summed E-state index contributed by atoms with van der Waals surface area (Å²) in [6, 6.07) is 4.43. The molecule has 3 heteroatoms. The van der Waals surface area contributed by atoms with Crippen molar-refractivity contribution in [1.82, 2.24) is 9.78 Å². The van der Waals surface area contributed by atoms with Gasteiger partial charge in [0.15, 0.2) is 0 Å². The van der Waals surface area contributed by atoms with Crippen LogP contribution in [-0.2, 0) is 13.6 Å². The average molecular weight is 243 g/mol. The van der Waals surface area contributed by atoms with Gasteiger partial charge in [0.25, 0.3) is 0 Å². The maximum absolute atomic E-state index is 5.87. The Bertz CT molecular complexity index is 571. The van der Waals surface area contributed by atoms with Crippen molar-refractivity contribution in [3.63, 3.8) is 0 Å². The number of aromatic nitrogens is 2. The molecule has 0 atom stereocenters. The van der Waals surface area contributed by atoms with Gasteiger partial charge in [-0.15, -0.1) is 0 Å². The van der Waals surface area contributed by atoms with Crippen molar-refractivity contribution in [2.45, 2.75) is 34.2 Å². The molecule has 0 spiro atoms. The van der Waals surface area contributed by atoms with Gasteiger partial charge >= 0.3 is 0 Å². The highest BCUT2D eigenvalue weighted by Crippen LogP contribution is 2.33. The number of aryl methyl sites for hydroxylation is 5. The molecular weight excluding hydrogens is 222 g/mol. The molecule has 0 bridgehead atoms. The Morgan fingerprint density at radius 3 is 2.11 bits per heavy atom. The van der Waals surface area contributed by atoms with Crippen molar-refractivity contribution in [2.24, 2.45) is 12.8 Å². The monoisotopic (exact) mass is 243 g/mol. The normalized spacial score (nSPS) is 11.0. The summed E-state index contributed by atoms with van der Waals surface area (Å²) >= 11 is 0. The Morgan fingerprint density at radius 2 is 1.61 bits per heavy atom. The lowest BCUT2D eigenvalue weighted by Crippen LogP contribution is -2.06. The van der Waals surface area contributed by atoms with E-state index in [0.29, 0.717) is 6.54 Å². The Morgan fingerprint density at radius 1 is 1.06 bits per heavy atom. The van der Waals surface area contributed by atoms with Crippen LogP contribution in [0.15, 0.2) is 12.1 Å². The molecule has 1 heterocycles. The van der Waals surface area contributed by atoms with E-state index in [1.54, 1.807) is 0 Å². The van der Waals surface area contributed by atoms with E-state index in [-0.39, 0.29) is 0 Å². The molecule has 0 amide bonds. The van der Waals surface area contributed by atoms with Crippen LogP contribution < -0.4 is 5.73 Å². The first-order valence-corrected chi connectivity index (χ1v) is 6.26. The maximum Gasteiger partial charge on any atom is 0.0675 e. The van der Waals surface area contributed by atoms with E-state index in [1.165, 1.54) is 27.8 Å². The molecule has 96 valence electrons. The van der Waals surface area contributed by atoms with Crippen LogP contribution in [0.1, 0.15) is 28.1 Å². The van der Waals surface area contributed by atoms with Crippen LogP contribution in [0.5, 0.6) is 0 Å². The van der Waals surface area contributed by atoms with Gasteiger partial charge in [0.05, 0.1) is 11.4 Å². The fraction of sp³-hybridized carbons (Fsp3) is 0.400. The lowest BCUT2D eigenvalue weighted by atomic mass is 9.92. The second kappa shape index (κ2) is 4.58. The smallest absolute Gasteiger partial charge is 0.0675 e. The minimum atomic E-state index is 0.513. The molecule has 2 rings (SSSR count). The second-order valence-corrected chi connectivity index (χ2v) is 5.01. The van der Waals surface area contributed by atoms with Gasteiger partial charge < -0.3 is 5.73 Å². The molecule has 3 nitrogen and oxygen atoms in total. The van der Waals surface area contributed by atoms with Gasteiger partial charge in [-0.3, -0.25) is 4.68 Å². The van der Waals surface area contributed by atoms with Crippen LogP contribution in [0, 0.1) is 27.7 Å². The summed E-state index contributed by atoms with van der Waals surface area (Å²) in [6.45, 7) is 9.00. The lowest BCUT2D eigenvalue weighted by Gasteiger charge is -2.13. The number of hydrogen-bond acceptors (Lipinski definition) is 2. The molecule has 0 saturated carbocycles. The van der Waals surface area contributed by atoms with E-state index in [0.717, 1.165) is 11.4 Å². The standard InChI is InChI=1S/C15H21N3/c1-9-6-10(2)14(11(3)7-9)15-12(4)17-18(5)13(15)8-16/h6-7H,8,16H2,1-5H3. The minimum Gasteiger partial charge on any atom is -0.325 e. The van der Waals surface area contributed by atoms with Gasteiger partial charge in [-0.1, -0.05) is 17.7 Å². The zero-order valence-corrected chi connectivity index (χ0v) is 11.8. The first-order valence-electron chi connectivity index (χ1n) is 6.26. The van der Waals surface area contributed by atoms with Crippen LogP contribution in [0.4, 0.5) is 0 Å². The van der Waals surface area contributed by atoms with Gasteiger partial charge in [0, 0.05) is 19.2 Å². The first-order chi connectivity index (χ1) is 8.45. The average Bonchev–Trinajstić information content (AvgIpc) is 2.52. The molecule has 0 aliphatic heterocycles. The summed E-state index contributed by atoms with van der Waals surface area (Å²) in [6.07, 6.45) is 0. The van der Waals surface area contributed by atoms with Crippen LogP contribution in [-0.4, -0.2) is 9.78 Å². The number of hydrogen-bond donors (Lipinski definition) is 1. The quantitative estimate of drug-likeness (QED) is 0.881. The fourth-order valence-corrected chi connectivity index (χ4v) is 2.84. The van der Waals surface area contributed by atoms with Gasteiger partial charge in [-0.05, 0) is 44.4 Å². The zero-order chi connectivity index (χ0) is 13.4. The van der Waals surface area contributed by atoms with E-state index < -0.39 is 0 Å². The van der Waals surface area contributed by atoms with E-state index in [9.17, 15) is 0 Å². The molecule has 2 N–H and O–H groups in total. The SMILES string of the molecule is Cc1cc(C)c(-c2c(C)nn(C)c2CN)c(C)c1. The maximum atomic E-state index is 5.87. The highest BCUT2D eigenvalue weighted by atomic mass is 15.3. The van der Waals surface area contributed by atoms with Crippen molar-refractivity contribution in [1.29, 1.82) is 0 Å². The number of benzene rings is 1. The minimum absolute atomic E-state index is 0.513. The summed E-state index contributed by atoms with van der Waals surface area (Å²) in [4.78, 5) is 0. The topological polar surface area (TPSA) is 43.8 Å². The second-order valence-electron chi connectivity index (χ2n) is 5.01. The lowest BCUT2D eigenvalue weighted by molar-refractivity contribution is 0.706. The van der Waals surface area contributed by atoms with E-state index in [1.807, 2.05) is 18.7 Å². The number of nitrogens with zero attached hydrogens (tertiary/aromatic N) is 2. The Kier molecular flexibility index (Phi) is 3.26. The molecule has 1 aromatic heterocycles.